The lowest BCUT2D eigenvalue weighted by Crippen LogP contribution is -2.02. The number of fused-ring (bicyclic) bond motifs is 1. The maximum Gasteiger partial charge on any atom is 0.145 e. The monoisotopic (exact) mass is 270 g/mol. The topological polar surface area (TPSA) is 34.2 Å². The molecule has 3 rings (SSSR count). The molecule has 1 fully saturated rings. The van der Waals surface area contributed by atoms with Gasteiger partial charge in [-0.1, -0.05) is 18.9 Å². The van der Waals surface area contributed by atoms with Crippen molar-refractivity contribution in [1.29, 1.82) is 0 Å². The number of hydrogen-bond donors (Lipinski definition) is 1. The number of benzene rings is 1. The zero-order chi connectivity index (χ0) is 14.1. The van der Waals surface area contributed by atoms with Crippen molar-refractivity contribution in [3.63, 3.8) is 0 Å². The highest BCUT2D eigenvalue weighted by Gasteiger charge is 2.21. The molecule has 2 aromatic rings. The normalized spacial score (nSPS) is 15.8. The summed E-state index contributed by atoms with van der Waals surface area (Å²) in [7, 11) is 3.69. The first-order valence-electron chi connectivity index (χ1n) is 7.40. The Morgan fingerprint density at radius 1 is 1.25 bits per heavy atom. The summed E-state index contributed by atoms with van der Waals surface area (Å²) < 4.78 is 5.51. The van der Waals surface area contributed by atoms with Crippen molar-refractivity contribution in [3.05, 3.63) is 29.5 Å². The average molecular weight is 270 g/mol. The van der Waals surface area contributed by atoms with Crippen molar-refractivity contribution in [2.75, 3.05) is 19.5 Å². The second-order valence-corrected chi connectivity index (χ2v) is 5.63. The van der Waals surface area contributed by atoms with Gasteiger partial charge in [0.25, 0.3) is 0 Å². The summed E-state index contributed by atoms with van der Waals surface area (Å²) in [5.41, 5.74) is 4.59. The Kier molecular flexibility index (Phi) is 3.51. The molecule has 0 bridgehead atoms. The molecule has 0 radical (unpaired) electrons. The molecule has 106 valence electrons. The van der Waals surface area contributed by atoms with Crippen LogP contribution in [0.4, 0.5) is 5.69 Å². The summed E-state index contributed by atoms with van der Waals surface area (Å²) in [5, 5.41) is 4.51. The molecule has 0 saturated heterocycles. The van der Waals surface area contributed by atoms with Crippen LogP contribution in [-0.4, -0.2) is 19.1 Å². The Balaban J connectivity index is 2.25. The first-order valence-corrected chi connectivity index (χ1v) is 7.40. The van der Waals surface area contributed by atoms with E-state index in [2.05, 4.69) is 24.4 Å². The van der Waals surface area contributed by atoms with Gasteiger partial charge in [-0.15, -0.1) is 0 Å². The van der Waals surface area contributed by atoms with Crippen LogP contribution >= 0.6 is 0 Å². The van der Waals surface area contributed by atoms with Crippen LogP contribution in [-0.2, 0) is 0 Å². The van der Waals surface area contributed by atoms with Gasteiger partial charge in [0.15, 0.2) is 0 Å². The predicted octanol–water partition coefficient (Wildman–Crippen LogP) is 4.25. The fraction of sp³-hybridized carbons (Fsp3) is 0.471. The van der Waals surface area contributed by atoms with Gasteiger partial charge in [-0.05, 0) is 37.5 Å². The number of nitrogens with one attached hydrogen (secondary N) is 1. The molecule has 1 aromatic heterocycles. The molecule has 1 aromatic carbocycles. The summed E-state index contributed by atoms with van der Waals surface area (Å²) in [4.78, 5) is 4.93. The van der Waals surface area contributed by atoms with Crippen molar-refractivity contribution < 1.29 is 4.74 Å². The second-order valence-electron chi connectivity index (χ2n) is 5.63. The number of ether oxygens (including phenoxy) is 1. The minimum Gasteiger partial charge on any atom is -0.494 e. The van der Waals surface area contributed by atoms with E-state index in [0.29, 0.717) is 5.92 Å². The molecule has 0 spiro atoms. The SMILES string of the molecule is CNc1cc(C2CCCC2)nc2c(OC)ccc(C)c12. The molecule has 1 saturated carbocycles. The highest BCUT2D eigenvalue weighted by Crippen LogP contribution is 2.38. The predicted molar refractivity (Wildman–Crippen MR) is 83.8 cm³/mol. The van der Waals surface area contributed by atoms with Gasteiger partial charge in [0.05, 0.1) is 7.11 Å². The van der Waals surface area contributed by atoms with E-state index in [1.54, 1.807) is 7.11 Å². The number of methoxy groups -OCH3 is 1. The van der Waals surface area contributed by atoms with Crippen LogP contribution in [0.25, 0.3) is 10.9 Å². The van der Waals surface area contributed by atoms with E-state index in [9.17, 15) is 0 Å². The standard InChI is InChI=1S/C17H22N2O/c1-11-8-9-15(20-3)17-16(11)14(18-2)10-13(19-17)12-6-4-5-7-12/h8-10,12H,4-7H2,1-3H3,(H,18,19). The van der Waals surface area contributed by atoms with Gasteiger partial charge in [-0.25, -0.2) is 4.98 Å². The third-order valence-corrected chi connectivity index (χ3v) is 4.41. The summed E-state index contributed by atoms with van der Waals surface area (Å²) in [6.45, 7) is 2.12. The molecule has 0 atom stereocenters. The largest absolute Gasteiger partial charge is 0.494 e. The number of nitrogens with zero attached hydrogens (tertiary/aromatic N) is 1. The first kappa shape index (κ1) is 13.2. The van der Waals surface area contributed by atoms with Gasteiger partial charge in [-0.3, -0.25) is 0 Å². The maximum absolute atomic E-state index is 5.51. The van der Waals surface area contributed by atoms with E-state index >= 15 is 0 Å². The Hall–Kier alpha value is -1.77. The van der Waals surface area contributed by atoms with Gasteiger partial charge < -0.3 is 10.1 Å². The maximum atomic E-state index is 5.51. The molecule has 0 aliphatic heterocycles. The molecule has 1 aliphatic carbocycles. The van der Waals surface area contributed by atoms with Crippen molar-refractivity contribution in [1.82, 2.24) is 4.98 Å². The van der Waals surface area contributed by atoms with E-state index in [1.165, 1.54) is 42.3 Å². The lowest BCUT2D eigenvalue weighted by Gasteiger charge is -2.16. The first-order chi connectivity index (χ1) is 9.74. The molecule has 1 heterocycles. The fourth-order valence-electron chi connectivity index (χ4n) is 3.30. The fourth-order valence-corrected chi connectivity index (χ4v) is 3.30. The smallest absolute Gasteiger partial charge is 0.145 e. The Labute approximate surface area is 120 Å². The summed E-state index contributed by atoms with van der Waals surface area (Å²) in [5.74, 6) is 1.47. The molecular formula is C17H22N2O. The van der Waals surface area contributed by atoms with E-state index in [0.717, 1.165) is 17.0 Å². The van der Waals surface area contributed by atoms with Crippen LogP contribution in [0.1, 0.15) is 42.9 Å². The van der Waals surface area contributed by atoms with Gasteiger partial charge >= 0.3 is 0 Å². The quantitative estimate of drug-likeness (QED) is 0.905. The average Bonchev–Trinajstić information content (AvgIpc) is 3.01. The van der Waals surface area contributed by atoms with Crippen LogP contribution < -0.4 is 10.1 Å². The molecule has 1 N–H and O–H groups in total. The molecule has 0 amide bonds. The second kappa shape index (κ2) is 5.31. The highest BCUT2D eigenvalue weighted by atomic mass is 16.5. The number of rotatable bonds is 3. The number of aryl methyl sites for hydroxylation is 1. The third kappa shape index (κ3) is 2.11. The molecule has 0 unspecified atom stereocenters. The molecule has 3 nitrogen and oxygen atoms in total. The summed E-state index contributed by atoms with van der Waals surface area (Å²) in [6, 6.07) is 6.34. The number of hydrogen-bond acceptors (Lipinski definition) is 3. The Morgan fingerprint density at radius 2 is 2.00 bits per heavy atom. The highest BCUT2D eigenvalue weighted by molar-refractivity contribution is 5.97. The van der Waals surface area contributed by atoms with Crippen LogP contribution in [0.3, 0.4) is 0 Å². The van der Waals surface area contributed by atoms with Crippen LogP contribution in [0.15, 0.2) is 18.2 Å². The van der Waals surface area contributed by atoms with Gasteiger partial charge in [0.1, 0.15) is 11.3 Å². The number of pyridine rings is 1. The van der Waals surface area contributed by atoms with Gasteiger partial charge in [-0.2, -0.15) is 0 Å². The van der Waals surface area contributed by atoms with Crippen molar-refractivity contribution in [2.24, 2.45) is 0 Å². The van der Waals surface area contributed by atoms with Crippen molar-refractivity contribution in [2.45, 2.75) is 38.5 Å². The van der Waals surface area contributed by atoms with Crippen LogP contribution in [0.2, 0.25) is 0 Å². The minimum atomic E-state index is 0.608. The van der Waals surface area contributed by atoms with Crippen molar-refractivity contribution >= 4 is 16.6 Å². The lowest BCUT2D eigenvalue weighted by molar-refractivity contribution is 0.418. The number of aromatic nitrogens is 1. The third-order valence-electron chi connectivity index (χ3n) is 4.41. The Bertz CT molecular complexity index is 630. The van der Waals surface area contributed by atoms with Crippen LogP contribution in [0.5, 0.6) is 5.75 Å². The van der Waals surface area contributed by atoms with Gasteiger partial charge in [0, 0.05) is 29.7 Å². The summed E-state index contributed by atoms with van der Waals surface area (Å²) >= 11 is 0. The lowest BCUT2D eigenvalue weighted by atomic mass is 9.99. The zero-order valence-corrected chi connectivity index (χ0v) is 12.5. The molecular weight excluding hydrogens is 248 g/mol. The summed E-state index contributed by atoms with van der Waals surface area (Å²) in [6.07, 6.45) is 5.17. The molecule has 1 aliphatic rings. The minimum absolute atomic E-state index is 0.608. The molecule has 3 heteroatoms. The van der Waals surface area contributed by atoms with E-state index < -0.39 is 0 Å². The number of anilines is 1. The van der Waals surface area contributed by atoms with E-state index in [4.69, 9.17) is 9.72 Å². The van der Waals surface area contributed by atoms with E-state index in [1.807, 2.05) is 13.1 Å². The van der Waals surface area contributed by atoms with Crippen LogP contribution in [0, 0.1) is 6.92 Å². The van der Waals surface area contributed by atoms with E-state index in [-0.39, 0.29) is 0 Å². The Morgan fingerprint density at radius 3 is 2.65 bits per heavy atom. The molecule has 20 heavy (non-hydrogen) atoms. The van der Waals surface area contributed by atoms with Gasteiger partial charge in [0.2, 0.25) is 0 Å². The van der Waals surface area contributed by atoms with Crippen molar-refractivity contribution in [3.8, 4) is 5.75 Å². The zero-order valence-electron chi connectivity index (χ0n) is 12.5.